The van der Waals surface area contributed by atoms with Gasteiger partial charge in [-0.15, -0.1) is 0 Å². The quantitative estimate of drug-likeness (QED) is 0.155. The van der Waals surface area contributed by atoms with E-state index in [9.17, 15) is 9.59 Å². The molecule has 5 nitrogen and oxygen atoms in total. The van der Waals surface area contributed by atoms with Gasteiger partial charge in [-0.05, 0) is 48.7 Å². The highest BCUT2D eigenvalue weighted by molar-refractivity contribution is 5.87. The Bertz CT molecular complexity index is 1660. The molecule has 1 aromatic heterocycles. The predicted molar refractivity (Wildman–Crippen MR) is 166 cm³/mol. The lowest BCUT2D eigenvalue weighted by Gasteiger charge is -2.34. The molecule has 0 aliphatic carbocycles. The zero-order chi connectivity index (χ0) is 29.5. The Morgan fingerprint density at radius 3 is 2.05 bits per heavy atom. The van der Waals surface area contributed by atoms with Gasteiger partial charge in [0.2, 0.25) is 5.91 Å². The summed E-state index contributed by atoms with van der Waals surface area (Å²) in [5.41, 5.74) is 2.03. The van der Waals surface area contributed by atoms with E-state index in [1.54, 1.807) is 36.4 Å². The number of fused-ring (bicyclic) bond motifs is 1. The average molecular weight is 562 g/mol. The molecule has 0 bridgehead atoms. The van der Waals surface area contributed by atoms with Gasteiger partial charge >= 0.3 is 0 Å². The number of halogens is 1. The molecule has 0 saturated heterocycles. The van der Waals surface area contributed by atoms with Crippen LogP contribution in [0.15, 0.2) is 114 Å². The number of hydrogen-bond donors (Lipinski definition) is 0. The molecular formula is C36H36FN3O2. The minimum absolute atomic E-state index is 0.0844. The lowest BCUT2D eigenvalue weighted by Crippen LogP contribution is -2.41. The number of amides is 1. The van der Waals surface area contributed by atoms with E-state index in [0.717, 1.165) is 36.8 Å². The summed E-state index contributed by atoms with van der Waals surface area (Å²) in [6.07, 6.45) is 3.90. The maximum absolute atomic E-state index is 15.2. The Hall–Kier alpha value is -4.58. The Morgan fingerprint density at radius 1 is 0.810 bits per heavy atom. The second-order valence-corrected chi connectivity index (χ2v) is 10.6. The average Bonchev–Trinajstić information content (AvgIpc) is 3.02. The van der Waals surface area contributed by atoms with E-state index in [1.807, 2.05) is 78.6 Å². The minimum atomic E-state index is -0.619. The lowest BCUT2D eigenvalue weighted by molar-refractivity contribution is -0.134. The largest absolute Gasteiger partial charge is 0.332 e. The Labute approximate surface area is 246 Å². The van der Waals surface area contributed by atoms with Crippen molar-refractivity contribution in [1.29, 1.82) is 0 Å². The van der Waals surface area contributed by atoms with Crippen LogP contribution in [0.2, 0.25) is 0 Å². The fourth-order valence-electron chi connectivity index (χ4n) is 5.57. The van der Waals surface area contributed by atoms with Crippen LogP contribution >= 0.6 is 0 Å². The van der Waals surface area contributed by atoms with Crippen LogP contribution in [0.5, 0.6) is 0 Å². The normalized spacial score (nSPS) is 12.0. The summed E-state index contributed by atoms with van der Waals surface area (Å²) in [6.45, 7) is 4.52. The third-order valence-electron chi connectivity index (χ3n) is 7.78. The van der Waals surface area contributed by atoms with E-state index in [4.69, 9.17) is 4.98 Å². The first-order valence-electron chi connectivity index (χ1n) is 14.7. The molecule has 6 heteroatoms. The highest BCUT2D eigenvalue weighted by atomic mass is 19.1. The molecule has 1 heterocycles. The van der Waals surface area contributed by atoms with Crippen molar-refractivity contribution in [2.75, 3.05) is 6.54 Å². The maximum atomic E-state index is 15.2. The Morgan fingerprint density at radius 2 is 1.40 bits per heavy atom. The van der Waals surface area contributed by atoms with E-state index in [-0.39, 0.29) is 17.2 Å². The minimum Gasteiger partial charge on any atom is -0.332 e. The van der Waals surface area contributed by atoms with E-state index in [1.165, 1.54) is 10.6 Å². The summed E-state index contributed by atoms with van der Waals surface area (Å²) >= 11 is 0. The monoisotopic (exact) mass is 561 g/mol. The zero-order valence-electron chi connectivity index (χ0n) is 24.1. The first kappa shape index (κ1) is 28.9. The SMILES string of the molecule is CCCCCCN(C(=O)C(c1ccccc1)c1ccccc1)C(C)c1nc2ccccc2c(=O)n1-c1ccccc1F. The molecule has 0 spiro atoms. The molecule has 0 radical (unpaired) electrons. The zero-order valence-corrected chi connectivity index (χ0v) is 24.1. The third kappa shape index (κ3) is 6.03. The number of carbonyl (C=O) groups excluding carboxylic acids is 1. The summed E-state index contributed by atoms with van der Waals surface area (Å²) in [6, 6.07) is 32.2. The van der Waals surface area contributed by atoms with Crippen LogP contribution in [-0.2, 0) is 4.79 Å². The number of para-hydroxylation sites is 2. The summed E-state index contributed by atoms with van der Waals surface area (Å²) in [5.74, 6) is -0.834. The van der Waals surface area contributed by atoms with Crippen LogP contribution < -0.4 is 5.56 Å². The molecule has 1 unspecified atom stereocenters. The van der Waals surface area contributed by atoms with Gasteiger partial charge in [0, 0.05) is 6.54 Å². The van der Waals surface area contributed by atoms with Gasteiger partial charge in [-0.3, -0.25) is 14.2 Å². The van der Waals surface area contributed by atoms with Gasteiger partial charge in [0.15, 0.2) is 0 Å². The van der Waals surface area contributed by atoms with E-state index >= 15 is 4.39 Å². The molecule has 5 rings (SSSR count). The smallest absolute Gasteiger partial charge is 0.266 e. The van der Waals surface area contributed by atoms with E-state index in [2.05, 4.69) is 6.92 Å². The van der Waals surface area contributed by atoms with Gasteiger partial charge in [0.1, 0.15) is 11.6 Å². The molecule has 0 aliphatic heterocycles. The molecule has 4 aromatic carbocycles. The van der Waals surface area contributed by atoms with Crippen molar-refractivity contribution in [3.05, 3.63) is 142 Å². The summed E-state index contributed by atoms with van der Waals surface area (Å²) in [5, 5.41) is 0.393. The van der Waals surface area contributed by atoms with Crippen LogP contribution in [0.25, 0.3) is 16.6 Å². The van der Waals surface area contributed by atoms with Crippen LogP contribution in [0, 0.1) is 5.82 Å². The molecule has 0 fully saturated rings. The molecular weight excluding hydrogens is 525 g/mol. The standard InChI is InChI=1S/C36H36FN3O2/c1-3-4-5-16-25-39(36(42)33(27-17-8-6-9-18-27)28-19-10-7-11-20-28)26(2)34-38-31-23-14-12-21-29(31)35(41)40(34)32-24-15-13-22-30(32)37/h6-15,17-24,26,33H,3-5,16,25H2,1-2H3. The molecule has 42 heavy (non-hydrogen) atoms. The molecule has 1 amide bonds. The molecule has 214 valence electrons. The first-order chi connectivity index (χ1) is 20.5. The van der Waals surface area contributed by atoms with Crippen molar-refractivity contribution in [1.82, 2.24) is 14.5 Å². The number of rotatable bonds is 11. The topological polar surface area (TPSA) is 55.2 Å². The van der Waals surface area contributed by atoms with Gasteiger partial charge in [-0.2, -0.15) is 0 Å². The second-order valence-electron chi connectivity index (χ2n) is 10.6. The fourth-order valence-corrected chi connectivity index (χ4v) is 5.57. The third-order valence-corrected chi connectivity index (χ3v) is 7.78. The Kier molecular flexibility index (Phi) is 9.22. The number of carbonyl (C=O) groups is 1. The predicted octanol–water partition coefficient (Wildman–Crippen LogP) is 7.83. The molecule has 5 aromatic rings. The van der Waals surface area contributed by atoms with Crippen LogP contribution in [-0.4, -0.2) is 26.9 Å². The van der Waals surface area contributed by atoms with Gasteiger partial charge in [-0.25, -0.2) is 9.37 Å². The van der Waals surface area contributed by atoms with Crippen molar-refractivity contribution in [3.63, 3.8) is 0 Å². The molecule has 1 atom stereocenters. The number of nitrogens with zero attached hydrogens (tertiary/aromatic N) is 3. The van der Waals surface area contributed by atoms with E-state index < -0.39 is 17.8 Å². The number of hydrogen-bond acceptors (Lipinski definition) is 3. The van der Waals surface area contributed by atoms with Crippen LogP contribution in [0.1, 0.15) is 68.4 Å². The highest BCUT2D eigenvalue weighted by Gasteiger charge is 2.33. The lowest BCUT2D eigenvalue weighted by atomic mass is 9.89. The van der Waals surface area contributed by atoms with Crippen LogP contribution in [0.4, 0.5) is 4.39 Å². The van der Waals surface area contributed by atoms with Crippen molar-refractivity contribution in [3.8, 4) is 5.69 Å². The van der Waals surface area contributed by atoms with Crippen molar-refractivity contribution >= 4 is 16.8 Å². The number of aromatic nitrogens is 2. The summed E-state index contributed by atoms with van der Waals surface area (Å²) in [7, 11) is 0. The second kappa shape index (κ2) is 13.4. The van der Waals surface area contributed by atoms with Crippen molar-refractivity contribution < 1.29 is 9.18 Å². The highest BCUT2D eigenvalue weighted by Crippen LogP contribution is 2.32. The molecule has 0 saturated carbocycles. The summed E-state index contributed by atoms with van der Waals surface area (Å²) < 4.78 is 16.6. The summed E-state index contributed by atoms with van der Waals surface area (Å²) in [4.78, 5) is 35.4. The fraction of sp³-hybridized carbons (Fsp3) is 0.250. The number of unbranched alkanes of at least 4 members (excludes halogenated alkanes) is 3. The van der Waals surface area contributed by atoms with Gasteiger partial charge < -0.3 is 4.90 Å². The van der Waals surface area contributed by atoms with Crippen LogP contribution in [0.3, 0.4) is 0 Å². The van der Waals surface area contributed by atoms with Gasteiger partial charge in [-0.1, -0.05) is 111 Å². The van der Waals surface area contributed by atoms with Gasteiger partial charge in [0.25, 0.3) is 5.56 Å². The first-order valence-corrected chi connectivity index (χ1v) is 14.7. The maximum Gasteiger partial charge on any atom is 0.266 e. The Balaban J connectivity index is 1.68. The molecule has 0 aliphatic rings. The van der Waals surface area contributed by atoms with Crippen molar-refractivity contribution in [2.45, 2.75) is 51.5 Å². The van der Waals surface area contributed by atoms with E-state index in [0.29, 0.717) is 23.3 Å². The van der Waals surface area contributed by atoms with Gasteiger partial charge in [0.05, 0.1) is 28.6 Å². The molecule has 0 N–H and O–H groups in total. The van der Waals surface area contributed by atoms with Crippen molar-refractivity contribution in [2.24, 2.45) is 0 Å². The number of benzene rings is 4.